The topological polar surface area (TPSA) is 117 Å². The third-order valence-electron chi connectivity index (χ3n) is 4.04. The van der Waals surface area contributed by atoms with E-state index in [1.807, 2.05) is 48.7 Å². The van der Waals surface area contributed by atoms with E-state index in [1.165, 1.54) is 16.9 Å². The van der Waals surface area contributed by atoms with Gasteiger partial charge >= 0.3 is 6.16 Å². The van der Waals surface area contributed by atoms with Crippen molar-refractivity contribution in [1.29, 1.82) is 0 Å². The number of aromatic nitrogens is 1. The van der Waals surface area contributed by atoms with E-state index in [4.69, 9.17) is 15.0 Å². The fraction of sp³-hybridized carbons (Fsp3) is 0.222. The molecule has 28 heavy (non-hydrogen) atoms. The highest BCUT2D eigenvalue weighted by Crippen LogP contribution is 2.42. The molecule has 1 aliphatic rings. The van der Waals surface area contributed by atoms with Gasteiger partial charge < -0.3 is 10.2 Å². The Labute approximate surface area is 170 Å². The number of carboxylic acid groups (broad SMARTS) is 2. The third kappa shape index (κ3) is 5.16. The molecule has 3 N–H and O–H groups in total. The van der Waals surface area contributed by atoms with Gasteiger partial charge in [-0.1, -0.05) is 30.3 Å². The molecular formula is C18H18N2O5S3. The number of thiazole rings is 1. The van der Waals surface area contributed by atoms with Crippen LogP contribution in [-0.2, 0) is 10.0 Å². The molecular weight excluding hydrogens is 420 g/mol. The quantitative estimate of drug-likeness (QED) is 0.549. The number of aryl methyl sites for hydroxylation is 1. The highest BCUT2D eigenvalue weighted by molar-refractivity contribution is 7.91. The molecule has 0 aliphatic heterocycles. The molecule has 2 heterocycles. The molecule has 1 aromatic carbocycles. The van der Waals surface area contributed by atoms with Crippen LogP contribution in [0.25, 0.3) is 10.6 Å². The normalized spacial score (nSPS) is 18.2. The Morgan fingerprint density at radius 3 is 2.46 bits per heavy atom. The fourth-order valence-corrected chi connectivity index (χ4v) is 5.99. The van der Waals surface area contributed by atoms with Crippen LogP contribution in [0.4, 0.5) is 4.79 Å². The average Bonchev–Trinajstić information content (AvgIpc) is 3.03. The lowest BCUT2D eigenvalue weighted by Gasteiger charge is -2.04. The summed E-state index contributed by atoms with van der Waals surface area (Å²) in [6.07, 6.45) is -0.979. The second-order valence-electron chi connectivity index (χ2n) is 6.13. The number of hydrogen-bond acceptors (Lipinski definition) is 6. The zero-order chi connectivity index (χ0) is 20.3. The van der Waals surface area contributed by atoms with Gasteiger partial charge in [0, 0.05) is 17.3 Å². The number of hydrogen-bond donors (Lipinski definition) is 3. The highest BCUT2D eigenvalue weighted by Gasteiger charge is 2.41. The molecule has 7 nitrogen and oxygen atoms in total. The second kappa shape index (κ2) is 8.39. The monoisotopic (exact) mass is 438 g/mol. The van der Waals surface area contributed by atoms with Crippen molar-refractivity contribution in [3.63, 3.8) is 0 Å². The van der Waals surface area contributed by atoms with Crippen LogP contribution in [0.3, 0.4) is 0 Å². The van der Waals surface area contributed by atoms with E-state index in [0.29, 0.717) is 4.21 Å². The van der Waals surface area contributed by atoms with E-state index in [1.54, 1.807) is 17.4 Å². The van der Waals surface area contributed by atoms with E-state index in [2.05, 4.69) is 9.71 Å². The Hall–Kier alpha value is -2.27. The summed E-state index contributed by atoms with van der Waals surface area (Å²) in [6, 6.07) is 13.5. The van der Waals surface area contributed by atoms with Gasteiger partial charge in [0.25, 0.3) is 0 Å². The summed E-state index contributed by atoms with van der Waals surface area (Å²) < 4.78 is 28.4. The number of benzene rings is 1. The number of carbonyl (C=O) groups is 1. The zero-order valence-electron chi connectivity index (χ0n) is 14.8. The van der Waals surface area contributed by atoms with Gasteiger partial charge in [-0.3, -0.25) is 0 Å². The van der Waals surface area contributed by atoms with Crippen molar-refractivity contribution in [2.24, 2.45) is 0 Å². The summed E-state index contributed by atoms with van der Waals surface area (Å²) in [5.74, 6) is 0.279. The van der Waals surface area contributed by atoms with Gasteiger partial charge in [0.1, 0.15) is 4.21 Å². The van der Waals surface area contributed by atoms with Crippen LogP contribution in [-0.4, -0.2) is 35.8 Å². The lowest BCUT2D eigenvalue weighted by molar-refractivity contribution is 0.137. The van der Waals surface area contributed by atoms with Crippen LogP contribution < -0.4 is 4.72 Å². The molecule has 2 atom stereocenters. The minimum absolute atomic E-state index is 0.00975. The smallest absolute Gasteiger partial charge is 0.450 e. The maximum Gasteiger partial charge on any atom is 0.503 e. The Kier molecular flexibility index (Phi) is 6.14. The van der Waals surface area contributed by atoms with Crippen molar-refractivity contribution in [2.45, 2.75) is 29.5 Å². The SMILES string of the molecule is Cc1nc(-c2ccc(S(=O)(=O)N[C@H]3C[C@@H]3c3ccccc3)s2)cs1.O=C(O)O. The molecule has 0 bridgehead atoms. The Morgan fingerprint density at radius 2 is 1.86 bits per heavy atom. The number of thiophene rings is 1. The van der Waals surface area contributed by atoms with Crippen LogP contribution in [0.15, 0.2) is 52.1 Å². The molecule has 148 valence electrons. The summed E-state index contributed by atoms with van der Waals surface area (Å²) in [5.41, 5.74) is 2.03. The van der Waals surface area contributed by atoms with Crippen molar-refractivity contribution >= 4 is 38.9 Å². The van der Waals surface area contributed by atoms with Crippen molar-refractivity contribution in [1.82, 2.24) is 9.71 Å². The second-order valence-corrected chi connectivity index (χ2v) is 10.2. The predicted octanol–water partition coefficient (Wildman–Crippen LogP) is 4.24. The van der Waals surface area contributed by atoms with Crippen molar-refractivity contribution in [3.05, 3.63) is 58.4 Å². The first-order valence-corrected chi connectivity index (χ1v) is 11.5. The molecule has 0 unspecified atom stereocenters. The molecule has 4 rings (SSSR count). The van der Waals surface area contributed by atoms with Crippen molar-refractivity contribution in [3.8, 4) is 10.6 Å². The van der Waals surface area contributed by atoms with Crippen molar-refractivity contribution < 1.29 is 23.4 Å². The van der Waals surface area contributed by atoms with E-state index in [0.717, 1.165) is 22.0 Å². The van der Waals surface area contributed by atoms with Gasteiger partial charge in [0.2, 0.25) is 10.0 Å². The van der Waals surface area contributed by atoms with E-state index in [9.17, 15) is 8.42 Å². The lowest BCUT2D eigenvalue weighted by atomic mass is 10.1. The standard InChI is InChI=1S/C17H16N2O2S3.CH2O3/c1-11-18-15(10-22-11)16-7-8-17(23-16)24(20,21)19-14-9-13(14)12-5-3-2-4-6-12;2-1(3)4/h2-8,10,13-14,19H,9H2,1H3;(H2,2,3,4)/t13-,14+;/m1./s1. The molecule has 2 aromatic heterocycles. The first kappa shape index (κ1) is 20.5. The van der Waals surface area contributed by atoms with Crippen LogP contribution in [0.2, 0.25) is 0 Å². The molecule has 3 aromatic rings. The first-order chi connectivity index (χ1) is 13.3. The van der Waals surface area contributed by atoms with Crippen LogP contribution in [0.1, 0.15) is 22.9 Å². The maximum atomic E-state index is 12.6. The van der Waals surface area contributed by atoms with Gasteiger partial charge in [0.15, 0.2) is 0 Å². The minimum Gasteiger partial charge on any atom is -0.450 e. The van der Waals surface area contributed by atoms with Crippen LogP contribution in [0.5, 0.6) is 0 Å². The third-order valence-corrected chi connectivity index (χ3v) is 7.91. The van der Waals surface area contributed by atoms with E-state index >= 15 is 0 Å². The predicted molar refractivity (Wildman–Crippen MR) is 109 cm³/mol. The van der Waals surface area contributed by atoms with Gasteiger partial charge in [0.05, 0.1) is 15.6 Å². The molecule has 1 saturated carbocycles. The summed E-state index contributed by atoms with van der Waals surface area (Å²) in [5, 5.41) is 16.9. The summed E-state index contributed by atoms with van der Waals surface area (Å²) in [7, 11) is -3.47. The number of rotatable bonds is 5. The van der Waals surface area contributed by atoms with Gasteiger partial charge in [-0.25, -0.2) is 22.9 Å². The molecule has 0 saturated heterocycles. The highest BCUT2D eigenvalue weighted by atomic mass is 32.2. The summed E-state index contributed by atoms with van der Waals surface area (Å²) in [6.45, 7) is 1.94. The average molecular weight is 439 g/mol. The number of nitrogens with one attached hydrogen (secondary N) is 1. The molecule has 10 heteroatoms. The molecule has 0 radical (unpaired) electrons. The van der Waals surface area contributed by atoms with E-state index in [-0.39, 0.29) is 12.0 Å². The van der Waals surface area contributed by atoms with Crippen LogP contribution in [0, 0.1) is 6.92 Å². The largest absolute Gasteiger partial charge is 0.503 e. The van der Waals surface area contributed by atoms with E-state index < -0.39 is 16.2 Å². The van der Waals surface area contributed by atoms with Gasteiger partial charge in [-0.15, -0.1) is 22.7 Å². The van der Waals surface area contributed by atoms with Gasteiger partial charge in [-0.05, 0) is 31.0 Å². The van der Waals surface area contributed by atoms with Crippen molar-refractivity contribution in [2.75, 3.05) is 0 Å². The lowest BCUT2D eigenvalue weighted by Crippen LogP contribution is -2.26. The number of nitrogens with zero attached hydrogens (tertiary/aromatic N) is 1. The Bertz CT molecular complexity index is 1060. The molecule has 0 amide bonds. The van der Waals surface area contributed by atoms with Gasteiger partial charge in [-0.2, -0.15) is 0 Å². The minimum atomic E-state index is -3.47. The number of sulfonamides is 1. The summed E-state index contributed by atoms with van der Waals surface area (Å²) >= 11 is 2.83. The molecule has 0 spiro atoms. The maximum absolute atomic E-state index is 12.6. The summed E-state index contributed by atoms with van der Waals surface area (Å²) in [4.78, 5) is 13.9. The Balaban J connectivity index is 0.000000516. The van der Waals surface area contributed by atoms with Crippen LogP contribution >= 0.6 is 22.7 Å². The molecule has 1 fully saturated rings. The Morgan fingerprint density at radius 1 is 1.18 bits per heavy atom. The zero-order valence-corrected chi connectivity index (χ0v) is 17.2. The fourth-order valence-electron chi connectivity index (χ4n) is 2.73. The first-order valence-electron chi connectivity index (χ1n) is 8.28. The molecule has 1 aliphatic carbocycles.